The van der Waals surface area contributed by atoms with Gasteiger partial charge in [0.1, 0.15) is 5.75 Å². The number of para-hydroxylation sites is 1. The molecular formula is C21H26F3N3O3. The van der Waals surface area contributed by atoms with Crippen molar-refractivity contribution in [2.45, 2.75) is 25.7 Å². The first-order valence-electron chi connectivity index (χ1n) is 9.60. The molecule has 2 aromatic rings. The minimum Gasteiger partial charge on any atom is -0.406 e. The Kier molecular flexibility index (Phi) is 9.43. The second-order valence-corrected chi connectivity index (χ2v) is 6.57. The lowest BCUT2D eigenvalue weighted by atomic mass is 10.1. The van der Waals surface area contributed by atoms with Crippen molar-refractivity contribution in [1.29, 1.82) is 0 Å². The van der Waals surface area contributed by atoms with Gasteiger partial charge in [-0.05, 0) is 55.3 Å². The standard InChI is InChI=1S/C21H26F3N3O3/c22-21(23,24)30-19-13-16(12-17(14-19)20(25)28)15-26-8-4-5-10-29-11-9-27-18-6-2-1-3-7-18/h1-3,6-7,12-14,26-27H,4-5,8-11,15H2,(H2,25,28). The van der Waals surface area contributed by atoms with Gasteiger partial charge in [-0.15, -0.1) is 13.2 Å². The number of carbonyl (C=O) groups is 1. The van der Waals surface area contributed by atoms with E-state index in [1.807, 2.05) is 30.3 Å². The summed E-state index contributed by atoms with van der Waals surface area (Å²) in [6.07, 6.45) is -3.15. The highest BCUT2D eigenvalue weighted by molar-refractivity contribution is 5.93. The average Bonchev–Trinajstić information content (AvgIpc) is 2.68. The highest BCUT2D eigenvalue weighted by Crippen LogP contribution is 2.25. The fourth-order valence-electron chi connectivity index (χ4n) is 2.71. The topological polar surface area (TPSA) is 85.6 Å². The quantitative estimate of drug-likeness (QED) is 0.426. The van der Waals surface area contributed by atoms with Gasteiger partial charge in [0, 0.05) is 30.9 Å². The summed E-state index contributed by atoms with van der Waals surface area (Å²) < 4.78 is 46.7. The van der Waals surface area contributed by atoms with Gasteiger partial charge >= 0.3 is 6.36 Å². The number of alkyl halides is 3. The van der Waals surface area contributed by atoms with Gasteiger partial charge in [-0.2, -0.15) is 0 Å². The fourth-order valence-corrected chi connectivity index (χ4v) is 2.71. The molecule has 0 saturated carbocycles. The number of unbranched alkanes of at least 4 members (excludes halogenated alkanes) is 1. The van der Waals surface area contributed by atoms with E-state index in [0.717, 1.165) is 31.1 Å². The first kappa shape index (κ1) is 23.5. The van der Waals surface area contributed by atoms with Crippen LogP contribution in [0.5, 0.6) is 5.75 Å². The maximum Gasteiger partial charge on any atom is 0.573 e. The van der Waals surface area contributed by atoms with E-state index in [9.17, 15) is 18.0 Å². The van der Waals surface area contributed by atoms with Gasteiger partial charge in [-0.1, -0.05) is 18.2 Å². The van der Waals surface area contributed by atoms with E-state index in [4.69, 9.17) is 10.5 Å². The number of rotatable bonds is 13. The van der Waals surface area contributed by atoms with Gasteiger partial charge in [-0.3, -0.25) is 4.79 Å². The Bertz CT molecular complexity index is 786. The van der Waals surface area contributed by atoms with Crippen molar-refractivity contribution < 1.29 is 27.4 Å². The number of anilines is 1. The number of hydrogen-bond acceptors (Lipinski definition) is 5. The predicted molar refractivity (Wildman–Crippen MR) is 108 cm³/mol. The van der Waals surface area contributed by atoms with Crippen LogP contribution in [0.4, 0.5) is 18.9 Å². The van der Waals surface area contributed by atoms with Crippen molar-refractivity contribution >= 4 is 11.6 Å². The molecule has 0 aliphatic rings. The second kappa shape index (κ2) is 12.0. The normalized spacial score (nSPS) is 11.3. The van der Waals surface area contributed by atoms with Crippen molar-refractivity contribution in [3.05, 3.63) is 59.7 Å². The van der Waals surface area contributed by atoms with Crippen molar-refractivity contribution in [2.24, 2.45) is 5.73 Å². The van der Waals surface area contributed by atoms with Crippen molar-refractivity contribution in [1.82, 2.24) is 5.32 Å². The Balaban J connectivity index is 1.61. The molecule has 0 unspecified atom stereocenters. The number of amides is 1. The second-order valence-electron chi connectivity index (χ2n) is 6.57. The molecule has 30 heavy (non-hydrogen) atoms. The van der Waals surface area contributed by atoms with E-state index in [1.165, 1.54) is 12.1 Å². The van der Waals surface area contributed by atoms with Gasteiger partial charge in [0.2, 0.25) is 5.91 Å². The Morgan fingerprint density at radius 2 is 1.77 bits per heavy atom. The van der Waals surface area contributed by atoms with Crippen molar-refractivity contribution in [2.75, 3.05) is 31.6 Å². The van der Waals surface area contributed by atoms with Crippen LogP contribution in [-0.4, -0.2) is 38.6 Å². The third kappa shape index (κ3) is 9.62. The van der Waals surface area contributed by atoms with Gasteiger partial charge < -0.3 is 25.8 Å². The largest absolute Gasteiger partial charge is 0.573 e. The lowest BCUT2D eigenvalue weighted by molar-refractivity contribution is -0.274. The van der Waals surface area contributed by atoms with E-state index in [-0.39, 0.29) is 12.1 Å². The third-order valence-corrected chi connectivity index (χ3v) is 4.06. The Labute approximate surface area is 173 Å². The van der Waals surface area contributed by atoms with E-state index in [2.05, 4.69) is 15.4 Å². The molecule has 0 spiro atoms. The number of ether oxygens (including phenoxy) is 2. The van der Waals surface area contributed by atoms with E-state index >= 15 is 0 Å². The number of halogens is 3. The van der Waals surface area contributed by atoms with Gasteiger partial charge in [0.25, 0.3) is 0 Å². The highest BCUT2D eigenvalue weighted by atomic mass is 19.4. The summed E-state index contributed by atoms with van der Waals surface area (Å²) in [5, 5.41) is 6.38. The van der Waals surface area contributed by atoms with Crippen LogP contribution in [0.3, 0.4) is 0 Å². The SMILES string of the molecule is NC(=O)c1cc(CNCCCCOCCNc2ccccc2)cc(OC(F)(F)F)c1. The average molecular weight is 425 g/mol. The maximum absolute atomic E-state index is 12.4. The molecule has 0 heterocycles. The lowest BCUT2D eigenvalue weighted by Crippen LogP contribution is -2.20. The van der Waals surface area contributed by atoms with Crippen LogP contribution in [0.1, 0.15) is 28.8 Å². The smallest absolute Gasteiger partial charge is 0.406 e. The summed E-state index contributed by atoms with van der Waals surface area (Å²) in [4.78, 5) is 11.3. The molecule has 0 radical (unpaired) electrons. The molecule has 0 aliphatic heterocycles. The molecular weight excluding hydrogens is 399 g/mol. The third-order valence-electron chi connectivity index (χ3n) is 4.06. The summed E-state index contributed by atoms with van der Waals surface area (Å²) in [5.41, 5.74) is 6.67. The monoisotopic (exact) mass is 425 g/mol. The zero-order chi connectivity index (χ0) is 21.8. The molecule has 2 rings (SSSR count). The van der Waals surface area contributed by atoms with Crippen LogP contribution >= 0.6 is 0 Å². The Morgan fingerprint density at radius 1 is 1.00 bits per heavy atom. The van der Waals surface area contributed by atoms with Gasteiger partial charge in [-0.25, -0.2) is 0 Å². The number of benzene rings is 2. The van der Waals surface area contributed by atoms with E-state index < -0.39 is 18.0 Å². The van der Waals surface area contributed by atoms with Crippen LogP contribution in [0, 0.1) is 0 Å². The molecule has 0 bridgehead atoms. The summed E-state index contributed by atoms with van der Waals surface area (Å²) in [5.74, 6) is -1.28. The van der Waals surface area contributed by atoms with Gasteiger partial charge in [0.05, 0.1) is 6.61 Å². The minimum atomic E-state index is -4.84. The lowest BCUT2D eigenvalue weighted by Gasteiger charge is -2.12. The number of nitrogens with two attached hydrogens (primary N) is 1. The molecule has 2 aromatic carbocycles. The number of primary amides is 1. The van der Waals surface area contributed by atoms with Crippen LogP contribution < -0.4 is 21.1 Å². The van der Waals surface area contributed by atoms with Crippen molar-refractivity contribution in [3.8, 4) is 5.75 Å². The summed E-state index contributed by atoms with van der Waals surface area (Å²) in [7, 11) is 0. The highest BCUT2D eigenvalue weighted by Gasteiger charge is 2.31. The molecule has 4 N–H and O–H groups in total. The molecule has 0 aromatic heterocycles. The number of carbonyl (C=O) groups excluding carboxylic acids is 1. The molecule has 0 atom stereocenters. The summed E-state index contributed by atoms with van der Waals surface area (Å²) in [6.45, 7) is 2.89. The Hall–Kier alpha value is -2.78. The van der Waals surface area contributed by atoms with E-state index in [1.54, 1.807) is 0 Å². The van der Waals surface area contributed by atoms with Gasteiger partial charge in [0.15, 0.2) is 0 Å². The summed E-state index contributed by atoms with van der Waals surface area (Å²) >= 11 is 0. The van der Waals surface area contributed by atoms with Crippen LogP contribution in [0.15, 0.2) is 48.5 Å². The zero-order valence-electron chi connectivity index (χ0n) is 16.5. The molecule has 0 aliphatic carbocycles. The van der Waals surface area contributed by atoms with Crippen LogP contribution in [0.2, 0.25) is 0 Å². The minimum absolute atomic E-state index is 0.0361. The van der Waals surface area contributed by atoms with E-state index in [0.29, 0.717) is 25.3 Å². The molecule has 0 saturated heterocycles. The maximum atomic E-state index is 12.4. The molecule has 9 heteroatoms. The Morgan fingerprint density at radius 3 is 2.47 bits per heavy atom. The van der Waals surface area contributed by atoms with Crippen molar-refractivity contribution in [3.63, 3.8) is 0 Å². The van der Waals surface area contributed by atoms with Crippen LogP contribution in [0.25, 0.3) is 0 Å². The fraction of sp³-hybridized carbons (Fsp3) is 0.381. The zero-order valence-corrected chi connectivity index (χ0v) is 16.5. The number of nitrogens with one attached hydrogen (secondary N) is 2. The first-order chi connectivity index (χ1) is 14.3. The molecule has 0 fully saturated rings. The molecule has 164 valence electrons. The molecule has 1 amide bonds. The number of hydrogen-bond donors (Lipinski definition) is 3. The summed E-state index contributed by atoms with van der Waals surface area (Å²) in [6, 6.07) is 13.5. The molecule has 6 nitrogen and oxygen atoms in total. The first-order valence-corrected chi connectivity index (χ1v) is 9.60. The van der Waals surface area contributed by atoms with Crippen LogP contribution in [-0.2, 0) is 11.3 Å². The predicted octanol–water partition coefficient (Wildman–Crippen LogP) is 3.68.